The number of fused-ring (bicyclic) bond motifs is 1. The van der Waals surface area contributed by atoms with E-state index >= 15 is 0 Å². The highest BCUT2D eigenvalue weighted by molar-refractivity contribution is 6.03. The molecular formula is C12H14N2O. The summed E-state index contributed by atoms with van der Waals surface area (Å²) in [6.07, 6.45) is 2.63. The monoisotopic (exact) mass is 202 g/mol. The Morgan fingerprint density at radius 2 is 2.07 bits per heavy atom. The standard InChI is InChI=1S/C12H14N2O/c13-12(6-7-12)11(15)14-8-5-9-3-1-2-4-10(9)14/h1-4H,5-8,13H2. The molecule has 0 atom stereocenters. The van der Waals surface area contributed by atoms with Gasteiger partial charge in [-0.1, -0.05) is 18.2 Å². The number of nitrogens with zero attached hydrogens (tertiary/aromatic N) is 1. The van der Waals surface area contributed by atoms with Crippen molar-refractivity contribution in [1.82, 2.24) is 0 Å². The molecule has 2 N–H and O–H groups in total. The van der Waals surface area contributed by atoms with Gasteiger partial charge in [-0.15, -0.1) is 0 Å². The summed E-state index contributed by atoms with van der Waals surface area (Å²) in [7, 11) is 0. The van der Waals surface area contributed by atoms with Crippen LogP contribution in [0.4, 0.5) is 5.69 Å². The Kier molecular flexibility index (Phi) is 1.68. The van der Waals surface area contributed by atoms with Crippen molar-refractivity contribution in [3.8, 4) is 0 Å². The summed E-state index contributed by atoms with van der Waals surface area (Å²) >= 11 is 0. The van der Waals surface area contributed by atoms with Gasteiger partial charge in [0.15, 0.2) is 0 Å². The van der Waals surface area contributed by atoms with Gasteiger partial charge in [-0.2, -0.15) is 0 Å². The maximum Gasteiger partial charge on any atom is 0.247 e. The van der Waals surface area contributed by atoms with Crippen molar-refractivity contribution in [2.75, 3.05) is 11.4 Å². The Morgan fingerprint density at radius 1 is 1.33 bits per heavy atom. The molecule has 0 unspecified atom stereocenters. The molecule has 0 radical (unpaired) electrons. The van der Waals surface area contributed by atoms with E-state index in [4.69, 9.17) is 5.73 Å². The van der Waals surface area contributed by atoms with E-state index in [-0.39, 0.29) is 5.91 Å². The van der Waals surface area contributed by atoms with Crippen LogP contribution in [0.1, 0.15) is 18.4 Å². The average molecular weight is 202 g/mol. The molecule has 1 aromatic rings. The summed E-state index contributed by atoms with van der Waals surface area (Å²) in [5.74, 6) is 0.104. The van der Waals surface area contributed by atoms with Crippen LogP contribution >= 0.6 is 0 Å². The Morgan fingerprint density at radius 3 is 2.80 bits per heavy atom. The topological polar surface area (TPSA) is 46.3 Å². The molecule has 0 aromatic heterocycles. The molecule has 3 rings (SSSR count). The lowest BCUT2D eigenvalue weighted by atomic mass is 10.2. The summed E-state index contributed by atoms with van der Waals surface area (Å²) in [5, 5.41) is 0. The van der Waals surface area contributed by atoms with Gasteiger partial charge >= 0.3 is 0 Å². The maximum absolute atomic E-state index is 12.1. The summed E-state index contributed by atoms with van der Waals surface area (Å²) in [6.45, 7) is 0.789. The number of carbonyl (C=O) groups is 1. The highest BCUT2D eigenvalue weighted by Gasteiger charge is 2.49. The van der Waals surface area contributed by atoms with Gasteiger partial charge in [0.05, 0.1) is 5.54 Å². The van der Waals surface area contributed by atoms with Crippen LogP contribution < -0.4 is 10.6 Å². The molecule has 15 heavy (non-hydrogen) atoms. The number of para-hydroxylation sites is 1. The van der Waals surface area contributed by atoms with Crippen LogP contribution in [0.3, 0.4) is 0 Å². The molecule has 1 fully saturated rings. The van der Waals surface area contributed by atoms with Gasteiger partial charge in [-0.05, 0) is 30.9 Å². The van der Waals surface area contributed by atoms with Gasteiger partial charge in [0.25, 0.3) is 0 Å². The molecule has 1 aliphatic heterocycles. The Bertz CT molecular complexity index is 423. The summed E-state index contributed by atoms with van der Waals surface area (Å²) in [5.41, 5.74) is 7.71. The quantitative estimate of drug-likeness (QED) is 0.740. The normalized spacial score (nSPS) is 21.3. The number of nitrogens with two attached hydrogens (primary N) is 1. The third kappa shape index (κ3) is 1.27. The third-order valence-electron chi connectivity index (χ3n) is 3.35. The van der Waals surface area contributed by atoms with Gasteiger partial charge in [0.2, 0.25) is 5.91 Å². The van der Waals surface area contributed by atoms with E-state index in [1.54, 1.807) is 0 Å². The molecule has 1 aliphatic carbocycles. The van der Waals surface area contributed by atoms with Crippen molar-refractivity contribution in [2.24, 2.45) is 5.73 Å². The number of rotatable bonds is 1. The molecule has 1 amide bonds. The van der Waals surface area contributed by atoms with Crippen LogP contribution in [0.2, 0.25) is 0 Å². The maximum atomic E-state index is 12.1. The van der Waals surface area contributed by atoms with Crippen LogP contribution in [0.5, 0.6) is 0 Å². The fourth-order valence-electron chi connectivity index (χ4n) is 2.17. The number of amides is 1. The second-order valence-corrected chi connectivity index (χ2v) is 4.49. The highest BCUT2D eigenvalue weighted by Crippen LogP contribution is 2.38. The van der Waals surface area contributed by atoms with Gasteiger partial charge in [-0.25, -0.2) is 0 Å². The van der Waals surface area contributed by atoms with Crippen LogP contribution in [-0.2, 0) is 11.2 Å². The first-order chi connectivity index (χ1) is 7.21. The minimum Gasteiger partial charge on any atom is -0.317 e. The van der Waals surface area contributed by atoms with E-state index < -0.39 is 5.54 Å². The van der Waals surface area contributed by atoms with Crippen LogP contribution in [0, 0.1) is 0 Å². The first kappa shape index (κ1) is 8.92. The fraction of sp³-hybridized carbons (Fsp3) is 0.417. The first-order valence-electron chi connectivity index (χ1n) is 5.39. The van der Waals surface area contributed by atoms with E-state index in [1.807, 2.05) is 23.1 Å². The van der Waals surface area contributed by atoms with E-state index in [0.717, 1.165) is 31.5 Å². The predicted molar refractivity (Wildman–Crippen MR) is 58.7 cm³/mol. The van der Waals surface area contributed by atoms with Crippen LogP contribution in [-0.4, -0.2) is 18.0 Å². The lowest BCUT2D eigenvalue weighted by molar-refractivity contribution is -0.120. The molecule has 0 spiro atoms. The fourth-order valence-corrected chi connectivity index (χ4v) is 2.17. The van der Waals surface area contributed by atoms with Crippen molar-refractivity contribution < 1.29 is 4.79 Å². The zero-order chi connectivity index (χ0) is 10.5. The van der Waals surface area contributed by atoms with Crippen molar-refractivity contribution >= 4 is 11.6 Å². The molecule has 78 valence electrons. The Hall–Kier alpha value is -1.35. The zero-order valence-corrected chi connectivity index (χ0v) is 8.57. The van der Waals surface area contributed by atoms with Crippen molar-refractivity contribution in [2.45, 2.75) is 24.8 Å². The third-order valence-corrected chi connectivity index (χ3v) is 3.35. The van der Waals surface area contributed by atoms with Crippen molar-refractivity contribution in [3.05, 3.63) is 29.8 Å². The first-order valence-corrected chi connectivity index (χ1v) is 5.39. The Balaban J connectivity index is 1.94. The van der Waals surface area contributed by atoms with Gasteiger partial charge in [-0.3, -0.25) is 4.79 Å². The summed E-state index contributed by atoms with van der Waals surface area (Å²) in [4.78, 5) is 13.9. The molecule has 0 bridgehead atoms. The van der Waals surface area contributed by atoms with Crippen LogP contribution in [0.25, 0.3) is 0 Å². The zero-order valence-electron chi connectivity index (χ0n) is 8.57. The molecule has 0 saturated heterocycles. The van der Waals surface area contributed by atoms with Crippen molar-refractivity contribution in [3.63, 3.8) is 0 Å². The summed E-state index contributed by atoms with van der Waals surface area (Å²) < 4.78 is 0. The minimum atomic E-state index is -0.544. The molecule has 3 nitrogen and oxygen atoms in total. The second kappa shape index (κ2) is 2.83. The number of anilines is 1. The number of carbonyl (C=O) groups excluding carboxylic acids is 1. The predicted octanol–water partition coefficient (Wildman–Crippen LogP) is 1.07. The van der Waals surface area contributed by atoms with Gasteiger partial charge in [0.1, 0.15) is 0 Å². The van der Waals surface area contributed by atoms with Crippen LogP contribution in [0.15, 0.2) is 24.3 Å². The van der Waals surface area contributed by atoms with Gasteiger partial charge < -0.3 is 10.6 Å². The second-order valence-electron chi connectivity index (χ2n) is 4.49. The molecule has 3 heteroatoms. The van der Waals surface area contributed by atoms with Crippen molar-refractivity contribution in [1.29, 1.82) is 0 Å². The van der Waals surface area contributed by atoms with E-state index in [0.29, 0.717) is 0 Å². The Labute approximate surface area is 88.9 Å². The number of benzene rings is 1. The van der Waals surface area contributed by atoms with E-state index in [1.165, 1.54) is 5.56 Å². The molecule has 1 heterocycles. The number of hydrogen-bond acceptors (Lipinski definition) is 2. The SMILES string of the molecule is NC1(C(=O)N2CCc3ccccc32)CC1. The highest BCUT2D eigenvalue weighted by atomic mass is 16.2. The molecular weight excluding hydrogens is 188 g/mol. The van der Waals surface area contributed by atoms with Gasteiger partial charge in [0, 0.05) is 12.2 Å². The number of hydrogen-bond donors (Lipinski definition) is 1. The smallest absolute Gasteiger partial charge is 0.247 e. The minimum absolute atomic E-state index is 0.104. The molecule has 2 aliphatic rings. The molecule has 1 aromatic carbocycles. The largest absolute Gasteiger partial charge is 0.317 e. The van der Waals surface area contributed by atoms with E-state index in [2.05, 4.69) is 6.07 Å². The van der Waals surface area contributed by atoms with E-state index in [9.17, 15) is 4.79 Å². The lowest BCUT2D eigenvalue weighted by Crippen LogP contribution is -2.45. The molecule has 1 saturated carbocycles. The summed E-state index contributed by atoms with van der Waals surface area (Å²) in [6, 6.07) is 8.08. The lowest BCUT2D eigenvalue weighted by Gasteiger charge is -2.20. The average Bonchev–Trinajstić information content (AvgIpc) is 2.87.